The molecule has 0 bridgehead atoms. The maximum Gasteiger partial charge on any atom is 0.389 e. The lowest BCUT2D eigenvalue weighted by Gasteiger charge is -2.15. The van der Waals surface area contributed by atoms with Crippen LogP contribution in [0.25, 0.3) is 0 Å². The summed E-state index contributed by atoms with van der Waals surface area (Å²) in [7, 11) is 0. The van der Waals surface area contributed by atoms with Gasteiger partial charge in [0.05, 0.1) is 17.7 Å². The zero-order chi connectivity index (χ0) is 18.5. The van der Waals surface area contributed by atoms with E-state index < -0.39 is 65.7 Å². The van der Waals surface area contributed by atoms with Gasteiger partial charge in [-0.25, -0.2) is 4.39 Å². The van der Waals surface area contributed by atoms with Crippen molar-refractivity contribution in [3.8, 4) is 0 Å². The number of anilines is 1. The van der Waals surface area contributed by atoms with Gasteiger partial charge in [-0.15, -0.1) is 0 Å². The van der Waals surface area contributed by atoms with E-state index >= 15 is 0 Å². The summed E-state index contributed by atoms with van der Waals surface area (Å²) in [4.78, 5) is 44.6. The number of amides is 2. The molecule has 1 aromatic rings. The fourth-order valence-corrected chi connectivity index (χ4v) is 1.82. The van der Waals surface area contributed by atoms with E-state index in [1.807, 2.05) is 5.32 Å². The number of rotatable bonds is 7. The molecule has 24 heavy (non-hydrogen) atoms. The van der Waals surface area contributed by atoms with Crippen molar-refractivity contribution in [2.45, 2.75) is 25.4 Å². The molecule has 0 fully saturated rings. The number of Topliss-reactive ketones (excluding diaryl/α,β-unsaturated/α-hetero) is 1. The van der Waals surface area contributed by atoms with Crippen LogP contribution in [0.2, 0.25) is 0 Å². The number of halogens is 4. The van der Waals surface area contributed by atoms with Gasteiger partial charge in [0, 0.05) is 18.4 Å². The maximum atomic E-state index is 13.9. The van der Waals surface area contributed by atoms with Crippen LogP contribution in [0.5, 0.6) is 0 Å². The summed E-state index contributed by atoms with van der Waals surface area (Å²) in [5.74, 6) is -4.33. The third kappa shape index (κ3) is 5.45. The Morgan fingerprint density at radius 2 is 1.83 bits per heavy atom. The number of ketones is 1. The average molecular weight is 348 g/mol. The molecule has 0 aliphatic heterocycles. The van der Waals surface area contributed by atoms with E-state index in [4.69, 9.17) is 5.73 Å². The second-order valence-corrected chi connectivity index (χ2v) is 4.74. The number of aldehydes is 1. The third-order valence-electron chi connectivity index (χ3n) is 2.90. The normalized spacial score (nSPS) is 11.0. The summed E-state index contributed by atoms with van der Waals surface area (Å²) >= 11 is 0. The average Bonchev–Trinajstić information content (AvgIpc) is 2.47. The molecule has 2 amide bonds. The molecule has 1 aromatic carbocycles. The lowest BCUT2D eigenvalue weighted by molar-refractivity contribution is -0.142. The topological polar surface area (TPSA) is 106 Å². The lowest BCUT2D eigenvalue weighted by atomic mass is 10.0. The van der Waals surface area contributed by atoms with Crippen molar-refractivity contribution in [1.29, 1.82) is 0 Å². The van der Waals surface area contributed by atoms with Gasteiger partial charge in [0.1, 0.15) is 5.82 Å². The smallest absolute Gasteiger partial charge is 0.366 e. The first-order valence-corrected chi connectivity index (χ1v) is 6.51. The largest absolute Gasteiger partial charge is 0.389 e. The van der Waals surface area contributed by atoms with Crippen LogP contribution in [0, 0.1) is 5.82 Å². The van der Waals surface area contributed by atoms with Gasteiger partial charge in [-0.3, -0.25) is 19.2 Å². The number of nitrogens with one attached hydrogen (secondary N) is 1. The van der Waals surface area contributed by atoms with Crippen LogP contribution in [-0.2, 0) is 20.8 Å². The van der Waals surface area contributed by atoms with Gasteiger partial charge in [-0.05, 0) is 12.1 Å². The first-order valence-electron chi connectivity index (χ1n) is 6.51. The highest BCUT2D eigenvalue weighted by Gasteiger charge is 2.28. The second kappa shape index (κ2) is 7.66. The number of primary amides is 1. The second-order valence-electron chi connectivity index (χ2n) is 4.74. The van der Waals surface area contributed by atoms with E-state index in [1.165, 1.54) is 0 Å². The van der Waals surface area contributed by atoms with Crippen molar-refractivity contribution in [3.05, 3.63) is 29.1 Å². The van der Waals surface area contributed by atoms with Crippen LogP contribution < -0.4 is 11.1 Å². The maximum absolute atomic E-state index is 13.9. The minimum absolute atomic E-state index is 0.0916. The molecule has 0 aromatic heterocycles. The molecule has 0 spiro atoms. The molecule has 130 valence electrons. The van der Waals surface area contributed by atoms with Crippen molar-refractivity contribution < 1.29 is 36.7 Å². The van der Waals surface area contributed by atoms with Gasteiger partial charge < -0.3 is 11.1 Å². The Bertz CT molecular complexity index is 686. The Balaban J connectivity index is 3.19. The third-order valence-corrected chi connectivity index (χ3v) is 2.90. The lowest BCUT2D eigenvalue weighted by Crippen LogP contribution is -2.22. The van der Waals surface area contributed by atoms with Gasteiger partial charge >= 0.3 is 6.18 Å². The first-order chi connectivity index (χ1) is 11.0. The van der Waals surface area contributed by atoms with Crippen LogP contribution in [0.1, 0.15) is 28.8 Å². The molecule has 0 aliphatic carbocycles. The molecule has 0 aliphatic rings. The number of nitrogens with two attached hydrogens (primary N) is 1. The summed E-state index contributed by atoms with van der Waals surface area (Å²) in [6.45, 7) is 0. The minimum atomic E-state index is -4.58. The van der Waals surface area contributed by atoms with E-state index in [0.29, 0.717) is 0 Å². The number of hydrogen-bond donors (Lipinski definition) is 2. The summed E-state index contributed by atoms with van der Waals surface area (Å²) in [6, 6.07) is 1.70. The van der Waals surface area contributed by atoms with Gasteiger partial charge in [0.2, 0.25) is 5.91 Å². The molecule has 6 nitrogen and oxygen atoms in total. The molecule has 0 radical (unpaired) electrons. The predicted molar refractivity (Wildman–Crippen MR) is 73.6 cm³/mol. The van der Waals surface area contributed by atoms with Gasteiger partial charge in [-0.2, -0.15) is 13.2 Å². The van der Waals surface area contributed by atoms with Gasteiger partial charge in [0.25, 0.3) is 5.91 Å². The standard InChI is InChI=1S/C14H12F4N2O4/c15-10-2-1-8(13(19)24)12(9(10)5-7(22)6-21)20-11(23)3-4-14(16,17)18/h1-2,6H,3-5H2,(H2,19,24)(H,20,23). The van der Waals surface area contributed by atoms with Crippen molar-refractivity contribution in [1.82, 2.24) is 0 Å². The van der Waals surface area contributed by atoms with E-state index in [-0.39, 0.29) is 6.29 Å². The Kier molecular flexibility index (Phi) is 6.15. The first kappa shape index (κ1) is 19.3. The summed E-state index contributed by atoms with van der Waals surface area (Å²) < 4.78 is 50.2. The predicted octanol–water partition coefficient (Wildman–Crippen LogP) is 1.52. The summed E-state index contributed by atoms with van der Waals surface area (Å²) in [5, 5.41) is 1.96. The molecule has 1 rings (SSSR count). The molecule has 0 heterocycles. The van der Waals surface area contributed by atoms with E-state index in [0.717, 1.165) is 12.1 Å². The zero-order valence-electron chi connectivity index (χ0n) is 12.1. The zero-order valence-corrected chi connectivity index (χ0v) is 12.1. The fourth-order valence-electron chi connectivity index (χ4n) is 1.82. The number of carbonyl (C=O) groups is 4. The monoisotopic (exact) mass is 348 g/mol. The molecule has 0 saturated heterocycles. The number of benzene rings is 1. The molecule has 10 heteroatoms. The summed E-state index contributed by atoms with van der Waals surface area (Å²) in [5.41, 5.74) is 3.64. The molecule has 3 N–H and O–H groups in total. The highest BCUT2D eigenvalue weighted by molar-refractivity contribution is 6.26. The highest BCUT2D eigenvalue weighted by atomic mass is 19.4. The molecular weight excluding hydrogens is 336 g/mol. The fraction of sp³-hybridized carbons (Fsp3) is 0.286. The van der Waals surface area contributed by atoms with Gasteiger partial charge in [-0.1, -0.05) is 0 Å². The van der Waals surface area contributed by atoms with Crippen LogP contribution in [0.15, 0.2) is 12.1 Å². The molecule has 0 unspecified atom stereocenters. The van der Waals surface area contributed by atoms with Crippen molar-refractivity contribution >= 4 is 29.6 Å². The number of hydrogen-bond acceptors (Lipinski definition) is 4. The van der Waals surface area contributed by atoms with Crippen LogP contribution in [0.4, 0.5) is 23.2 Å². The van der Waals surface area contributed by atoms with E-state index in [9.17, 15) is 36.7 Å². The Morgan fingerprint density at radius 1 is 1.21 bits per heavy atom. The Hall–Kier alpha value is -2.78. The Morgan fingerprint density at radius 3 is 2.33 bits per heavy atom. The molecule has 0 atom stereocenters. The van der Waals surface area contributed by atoms with Crippen LogP contribution >= 0.6 is 0 Å². The quantitative estimate of drug-likeness (QED) is 0.442. The van der Waals surface area contributed by atoms with Gasteiger partial charge in [0.15, 0.2) is 12.1 Å². The molecular formula is C14H12F4N2O4. The van der Waals surface area contributed by atoms with E-state index in [1.54, 1.807) is 0 Å². The van der Waals surface area contributed by atoms with Crippen molar-refractivity contribution in [3.63, 3.8) is 0 Å². The Labute approximate surface area is 133 Å². The number of alkyl halides is 3. The SMILES string of the molecule is NC(=O)c1ccc(F)c(CC(=O)C=O)c1NC(=O)CCC(F)(F)F. The highest BCUT2D eigenvalue weighted by Crippen LogP contribution is 2.26. The minimum Gasteiger partial charge on any atom is -0.366 e. The van der Waals surface area contributed by atoms with Crippen LogP contribution in [0.3, 0.4) is 0 Å². The van der Waals surface area contributed by atoms with Crippen molar-refractivity contribution in [2.75, 3.05) is 5.32 Å². The van der Waals surface area contributed by atoms with Crippen molar-refractivity contribution in [2.24, 2.45) is 5.73 Å². The number of carbonyl (C=O) groups excluding carboxylic acids is 4. The summed E-state index contributed by atoms with van der Waals surface area (Å²) in [6.07, 6.45) is -7.86. The van der Waals surface area contributed by atoms with E-state index in [2.05, 4.69) is 0 Å². The molecule has 0 saturated carbocycles. The van der Waals surface area contributed by atoms with Crippen LogP contribution in [-0.4, -0.2) is 30.1 Å².